The molecule has 0 saturated carbocycles. The summed E-state index contributed by atoms with van der Waals surface area (Å²) in [6.07, 6.45) is 1.28. The van der Waals surface area contributed by atoms with Gasteiger partial charge in [0.1, 0.15) is 6.04 Å². The van der Waals surface area contributed by atoms with Crippen LogP contribution in [0.3, 0.4) is 0 Å². The van der Waals surface area contributed by atoms with Crippen LogP contribution in [-0.2, 0) is 14.3 Å². The van der Waals surface area contributed by atoms with Crippen molar-refractivity contribution in [1.29, 1.82) is 0 Å². The second-order valence-electron chi connectivity index (χ2n) is 4.45. The molecule has 7 heteroatoms. The van der Waals surface area contributed by atoms with Crippen LogP contribution >= 0.6 is 0 Å². The molecule has 2 amide bonds. The van der Waals surface area contributed by atoms with Crippen LogP contribution < -0.4 is 0 Å². The minimum absolute atomic E-state index is 0.113. The maximum Gasteiger partial charge on any atom is 0.326 e. The van der Waals surface area contributed by atoms with Crippen molar-refractivity contribution in [2.24, 2.45) is 0 Å². The predicted molar refractivity (Wildman–Crippen MR) is 66.6 cm³/mol. The van der Waals surface area contributed by atoms with Gasteiger partial charge in [0.2, 0.25) is 0 Å². The number of amides is 2. The molecular weight excluding hydrogens is 252 g/mol. The summed E-state index contributed by atoms with van der Waals surface area (Å²) in [5.74, 6) is -1.34. The molecule has 1 heterocycles. The Morgan fingerprint density at radius 1 is 1.42 bits per heavy atom. The molecule has 1 N–H and O–H groups in total. The van der Waals surface area contributed by atoms with Crippen molar-refractivity contribution in [3.8, 4) is 0 Å². The van der Waals surface area contributed by atoms with Crippen LogP contribution in [-0.4, -0.2) is 65.7 Å². The average molecular weight is 272 g/mol. The van der Waals surface area contributed by atoms with Gasteiger partial charge in [-0.3, -0.25) is 4.79 Å². The van der Waals surface area contributed by atoms with Gasteiger partial charge in [-0.25, -0.2) is 9.59 Å². The number of carboxylic acid groups (broad SMARTS) is 1. The van der Waals surface area contributed by atoms with E-state index in [1.54, 1.807) is 14.0 Å². The van der Waals surface area contributed by atoms with Gasteiger partial charge in [0, 0.05) is 20.1 Å². The molecule has 1 aliphatic heterocycles. The maximum atomic E-state index is 12.1. The zero-order valence-corrected chi connectivity index (χ0v) is 11.3. The first-order chi connectivity index (χ1) is 8.97. The Morgan fingerprint density at radius 3 is 2.68 bits per heavy atom. The molecule has 1 atom stereocenters. The van der Waals surface area contributed by atoms with E-state index in [1.807, 2.05) is 0 Å². The molecule has 1 fully saturated rings. The van der Waals surface area contributed by atoms with E-state index in [0.29, 0.717) is 26.0 Å². The van der Waals surface area contributed by atoms with Gasteiger partial charge < -0.3 is 19.6 Å². The van der Waals surface area contributed by atoms with E-state index in [9.17, 15) is 14.4 Å². The Kier molecular flexibility index (Phi) is 5.59. The number of rotatable bonds is 5. The lowest BCUT2D eigenvalue weighted by Crippen LogP contribution is -2.47. The second kappa shape index (κ2) is 6.96. The second-order valence-corrected chi connectivity index (χ2v) is 4.45. The van der Waals surface area contributed by atoms with Crippen molar-refractivity contribution in [3.05, 3.63) is 0 Å². The highest BCUT2D eigenvalue weighted by atomic mass is 16.5. The van der Waals surface area contributed by atoms with E-state index in [2.05, 4.69) is 0 Å². The number of esters is 1. The van der Waals surface area contributed by atoms with Crippen LogP contribution in [0, 0.1) is 0 Å². The van der Waals surface area contributed by atoms with Crippen molar-refractivity contribution in [2.45, 2.75) is 32.2 Å². The molecule has 108 valence electrons. The van der Waals surface area contributed by atoms with Crippen molar-refractivity contribution >= 4 is 18.0 Å². The average Bonchev–Trinajstić information content (AvgIpc) is 2.84. The summed E-state index contributed by atoms with van der Waals surface area (Å²) in [6.45, 7) is 2.69. The Morgan fingerprint density at radius 2 is 2.11 bits per heavy atom. The number of ether oxygens (including phenoxy) is 1. The summed E-state index contributed by atoms with van der Waals surface area (Å²) in [4.78, 5) is 37.0. The van der Waals surface area contributed by atoms with Gasteiger partial charge in [-0.05, 0) is 19.8 Å². The highest BCUT2D eigenvalue weighted by Gasteiger charge is 2.35. The van der Waals surface area contributed by atoms with Gasteiger partial charge >= 0.3 is 18.0 Å². The van der Waals surface area contributed by atoms with E-state index in [4.69, 9.17) is 9.84 Å². The predicted octanol–water partition coefficient (Wildman–Crippen LogP) is 0.540. The topological polar surface area (TPSA) is 87.2 Å². The number of aliphatic carboxylic acids is 1. The molecule has 0 aromatic heterocycles. The first-order valence-electron chi connectivity index (χ1n) is 6.37. The number of carboxylic acids is 1. The zero-order chi connectivity index (χ0) is 14.4. The standard InChI is InChI=1S/C12H20N2O5/c1-3-19-10(15)6-8-13(2)12(18)14-7-4-5-9(14)11(16)17/h9H,3-8H2,1-2H3,(H,16,17)/t9-/m0/s1. The van der Waals surface area contributed by atoms with Crippen LogP contribution in [0.5, 0.6) is 0 Å². The van der Waals surface area contributed by atoms with Crippen LogP contribution in [0.15, 0.2) is 0 Å². The third-order valence-electron chi connectivity index (χ3n) is 3.07. The fourth-order valence-corrected chi connectivity index (χ4v) is 2.06. The fraction of sp³-hybridized carbons (Fsp3) is 0.750. The van der Waals surface area contributed by atoms with Crippen molar-refractivity contribution in [3.63, 3.8) is 0 Å². The van der Waals surface area contributed by atoms with Gasteiger partial charge in [0.05, 0.1) is 13.0 Å². The summed E-state index contributed by atoms with van der Waals surface area (Å²) in [7, 11) is 1.55. The van der Waals surface area contributed by atoms with Gasteiger partial charge in [-0.15, -0.1) is 0 Å². The zero-order valence-electron chi connectivity index (χ0n) is 11.3. The molecule has 19 heavy (non-hydrogen) atoms. The Bertz CT molecular complexity index is 358. The van der Waals surface area contributed by atoms with Crippen LogP contribution in [0.4, 0.5) is 4.79 Å². The summed E-state index contributed by atoms with van der Waals surface area (Å²) in [6, 6.07) is -1.10. The molecule has 0 aliphatic carbocycles. The largest absolute Gasteiger partial charge is 0.480 e. The summed E-state index contributed by atoms with van der Waals surface area (Å²) in [5, 5.41) is 9.02. The first kappa shape index (κ1) is 15.3. The van der Waals surface area contributed by atoms with E-state index < -0.39 is 12.0 Å². The van der Waals surface area contributed by atoms with Crippen LogP contribution in [0.1, 0.15) is 26.2 Å². The van der Waals surface area contributed by atoms with E-state index in [1.165, 1.54) is 9.80 Å². The molecule has 0 bridgehead atoms. The van der Waals surface area contributed by atoms with E-state index >= 15 is 0 Å². The van der Waals surface area contributed by atoms with Gasteiger partial charge in [0.25, 0.3) is 0 Å². The molecule has 0 aromatic carbocycles. The van der Waals surface area contributed by atoms with Crippen LogP contribution in [0.2, 0.25) is 0 Å². The number of nitrogens with zero attached hydrogens (tertiary/aromatic N) is 2. The van der Waals surface area contributed by atoms with Gasteiger partial charge in [-0.1, -0.05) is 0 Å². The Labute approximate surface area is 112 Å². The monoisotopic (exact) mass is 272 g/mol. The molecule has 1 saturated heterocycles. The van der Waals surface area contributed by atoms with Gasteiger partial charge in [0.15, 0.2) is 0 Å². The molecule has 0 unspecified atom stereocenters. The summed E-state index contributed by atoms with van der Waals surface area (Å²) >= 11 is 0. The summed E-state index contributed by atoms with van der Waals surface area (Å²) < 4.78 is 4.77. The minimum Gasteiger partial charge on any atom is -0.480 e. The number of likely N-dealkylation sites (tertiary alicyclic amines) is 1. The van der Waals surface area contributed by atoms with Gasteiger partial charge in [-0.2, -0.15) is 0 Å². The molecule has 0 spiro atoms. The van der Waals surface area contributed by atoms with Crippen molar-refractivity contribution in [2.75, 3.05) is 26.7 Å². The normalized spacial score (nSPS) is 18.2. The van der Waals surface area contributed by atoms with Crippen molar-refractivity contribution < 1.29 is 24.2 Å². The molecule has 0 radical (unpaired) electrons. The maximum absolute atomic E-state index is 12.1. The summed E-state index contributed by atoms with van der Waals surface area (Å²) in [5.41, 5.74) is 0. The highest BCUT2D eigenvalue weighted by molar-refractivity contribution is 5.83. The minimum atomic E-state index is -0.982. The van der Waals surface area contributed by atoms with Crippen LogP contribution in [0.25, 0.3) is 0 Å². The Hall–Kier alpha value is -1.79. The lowest BCUT2D eigenvalue weighted by molar-refractivity contribution is -0.144. The smallest absolute Gasteiger partial charge is 0.326 e. The number of carbonyl (C=O) groups is 3. The third kappa shape index (κ3) is 4.11. The fourth-order valence-electron chi connectivity index (χ4n) is 2.06. The number of hydrogen-bond donors (Lipinski definition) is 1. The number of carbonyl (C=O) groups excluding carboxylic acids is 2. The first-order valence-corrected chi connectivity index (χ1v) is 6.37. The lowest BCUT2D eigenvalue weighted by atomic mass is 10.2. The molecular formula is C12H20N2O5. The molecule has 7 nitrogen and oxygen atoms in total. The third-order valence-corrected chi connectivity index (χ3v) is 3.07. The lowest BCUT2D eigenvalue weighted by Gasteiger charge is -2.27. The molecule has 1 rings (SSSR count). The SMILES string of the molecule is CCOC(=O)CCN(C)C(=O)N1CCC[C@H]1C(=O)O. The highest BCUT2D eigenvalue weighted by Crippen LogP contribution is 2.18. The van der Waals surface area contributed by atoms with E-state index in [-0.39, 0.29) is 25.0 Å². The quantitative estimate of drug-likeness (QED) is 0.738. The van der Waals surface area contributed by atoms with Crippen molar-refractivity contribution in [1.82, 2.24) is 9.80 Å². The molecule has 0 aromatic rings. The Balaban J connectivity index is 2.47. The molecule has 1 aliphatic rings. The number of urea groups is 1. The van der Waals surface area contributed by atoms with E-state index in [0.717, 1.165) is 0 Å². The number of hydrogen-bond acceptors (Lipinski definition) is 4.